The second kappa shape index (κ2) is 6.75. The standard InChI is InChI=1S/C15H18N2O3/c1-20-13-6-3-2-5-12(13)7-8-15(19)17-10-4-9-16-14(18)11-17/h2-3,5-8H,4,9-11H2,1H3,(H,16,18). The van der Waals surface area contributed by atoms with Crippen LogP contribution in [-0.2, 0) is 9.59 Å². The molecule has 106 valence electrons. The second-order valence-electron chi connectivity index (χ2n) is 4.54. The zero-order chi connectivity index (χ0) is 14.4. The number of para-hydroxylation sites is 1. The Balaban J connectivity index is 2.06. The van der Waals surface area contributed by atoms with Gasteiger partial charge in [-0.2, -0.15) is 0 Å². The molecule has 1 fully saturated rings. The van der Waals surface area contributed by atoms with E-state index in [9.17, 15) is 9.59 Å². The Hall–Kier alpha value is -2.30. The third kappa shape index (κ3) is 3.60. The Morgan fingerprint density at radius 3 is 3.00 bits per heavy atom. The van der Waals surface area contributed by atoms with Gasteiger partial charge in [0.15, 0.2) is 0 Å². The first-order valence-electron chi connectivity index (χ1n) is 6.57. The van der Waals surface area contributed by atoms with Crippen molar-refractivity contribution in [3.63, 3.8) is 0 Å². The summed E-state index contributed by atoms with van der Waals surface area (Å²) in [6.07, 6.45) is 3.97. The smallest absolute Gasteiger partial charge is 0.247 e. The van der Waals surface area contributed by atoms with Crippen LogP contribution < -0.4 is 10.1 Å². The molecule has 5 heteroatoms. The molecular weight excluding hydrogens is 256 g/mol. The molecule has 0 saturated carbocycles. The van der Waals surface area contributed by atoms with Gasteiger partial charge in [0.2, 0.25) is 11.8 Å². The summed E-state index contributed by atoms with van der Waals surface area (Å²) < 4.78 is 5.22. The van der Waals surface area contributed by atoms with Crippen LogP contribution in [0.2, 0.25) is 0 Å². The van der Waals surface area contributed by atoms with Gasteiger partial charge >= 0.3 is 0 Å². The number of hydrogen-bond donors (Lipinski definition) is 1. The van der Waals surface area contributed by atoms with Gasteiger partial charge in [0.25, 0.3) is 0 Å². The third-order valence-electron chi connectivity index (χ3n) is 3.12. The SMILES string of the molecule is COc1ccccc1C=CC(=O)N1CCCNC(=O)C1. The van der Waals surface area contributed by atoms with Gasteiger partial charge in [-0.1, -0.05) is 18.2 Å². The van der Waals surface area contributed by atoms with Crippen molar-refractivity contribution < 1.29 is 14.3 Å². The highest BCUT2D eigenvalue weighted by Gasteiger charge is 2.17. The van der Waals surface area contributed by atoms with Crippen molar-refractivity contribution in [1.29, 1.82) is 0 Å². The van der Waals surface area contributed by atoms with Crippen molar-refractivity contribution in [3.05, 3.63) is 35.9 Å². The Morgan fingerprint density at radius 1 is 1.40 bits per heavy atom. The molecule has 1 aromatic rings. The monoisotopic (exact) mass is 274 g/mol. The van der Waals surface area contributed by atoms with Gasteiger partial charge in [0, 0.05) is 24.7 Å². The quantitative estimate of drug-likeness (QED) is 0.838. The van der Waals surface area contributed by atoms with Crippen molar-refractivity contribution in [3.8, 4) is 5.75 Å². The number of ether oxygens (including phenoxy) is 1. The van der Waals surface area contributed by atoms with Gasteiger partial charge in [-0.25, -0.2) is 0 Å². The van der Waals surface area contributed by atoms with E-state index in [4.69, 9.17) is 4.74 Å². The van der Waals surface area contributed by atoms with Crippen molar-refractivity contribution in [2.24, 2.45) is 0 Å². The fraction of sp³-hybridized carbons (Fsp3) is 0.333. The van der Waals surface area contributed by atoms with Crippen LogP contribution in [0.4, 0.5) is 0 Å². The van der Waals surface area contributed by atoms with Crippen LogP contribution in [0.1, 0.15) is 12.0 Å². The summed E-state index contributed by atoms with van der Waals surface area (Å²) in [7, 11) is 1.59. The number of hydrogen-bond acceptors (Lipinski definition) is 3. The van der Waals surface area contributed by atoms with E-state index in [1.54, 1.807) is 18.1 Å². The highest BCUT2D eigenvalue weighted by Crippen LogP contribution is 2.18. The Bertz CT molecular complexity index is 526. The van der Waals surface area contributed by atoms with Gasteiger partial charge in [-0.3, -0.25) is 9.59 Å². The molecule has 5 nitrogen and oxygen atoms in total. The fourth-order valence-corrected chi connectivity index (χ4v) is 2.06. The van der Waals surface area contributed by atoms with E-state index in [0.29, 0.717) is 18.8 Å². The van der Waals surface area contributed by atoms with Gasteiger partial charge in [0.05, 0.1) is 13.7 Å². The van der Waals surface area contributed by atoms with E-state index in [0.717, 1.165) is 12.0 Å². The molecule has 1 saturated heterocycles. The summed E-state index contributed by atoms with van der Waals surface area (Å²) in [6, 6.07) is 7.46. The van der Waals surface area contributed by atoms with Crippen molar-refractivity contribution in [1.82, 2.24) is 10.2 Å². The zero-order valence-corrected chi connectivity index (χ0v) is 11.5. The van der Waals surface area contributed by atoms with Gasteiger partial charge in [-0.15, -0.1) is 0 Å². The Kier molecular flexibility index (Phi) is 4.76. The lowest BCUT2D eigenvalue weighted by Gasteiger charge is -2.16. The number of rotatable bonds is 3. The number of nitrogens with one attached hydrogen (secondary N) is 1. The molecule has 0 bridgehead atoms. The maximum atomic E-state index is 12.1. The zero-order valence-electron chi connectivity index (χ0n) is 11.5. The predicted octanol–water partition coefficient (Wildman–Crippen LogP) is 1.06. The maximum absolute atomic E-state index is 12.1. The minimum Gasteiger partial charge on any atom is -0.496 e. The number of carbonyl (C=O) groups excluding carboxylic acids is 2. The molecule has 20 heavy (non-hydrogen) atoms. The lowest BCUT2D eigenvalue weighted by Crippen LogP contribution is -2.36. The molecule has 0 aromatic heterocycles. The Labute approximate surface area is 118 Å². The predicted molar refractivity (Wildman–Crippen MR) is 76.2 cm³/mol. The van der Waals surface area contributed by atoms with Crippen LogP contribution in [-0.4, -0.2) is 43.5 Å². The summed E-state index contributed by atoms with van der Waals surface area (Å²) in [5.74, 6) is 0.444. The molecule has 0 radical (unpaired) electrons. The fourth-order valence-electron chi connectivity index (χ4n) is 2.06. The molecule has 1 aliphatic rings. The van der Waals surface area contributed by atoms with Crippen molar-refractivity contribution >= 4 is 17.9 Å². The molecule has 0 spiro atoms. The minimum absolute atomic E-state index is 0.110. The molecule has 2 rings (SSSR count). The Morgan fingerprint density at radius 2 is 2.20 bits per heavy atom. The molecule has 1 aromatic carbocycles. The number of carbonyl (C=O) groups is 2. The van der Waals surface area contributed by atoms with Crippen LogP contribution in [0.3, 0.4) is 0 Å². The summed E-state index contributed by atoms with van der Waals surface area (Å²) in [4.78, 5) is 25.1. The lowest BCUT2D eigenvalue weighted by molar-refractivity contribution is -0.131. The summed E-state index contributed by atoms with van der Waals surface area (Å²) in [6.45, 7) is 1.34. The first-order chi connectivity index (χ1) is 9.70. The molecular formula is C15H18N2O3. The average Bonchev–Trinajstić information content (AvgIpc) is 2.69. The van der Waals surface area contributed by atoms with Crippen LogP contribution >= 0.6 is 0 Å². The topological polar surface area (TPSA) is 58.6 Å². The highest BCUT2D eigenvalue weighted by atomic mass is 16.5. The van der Waals surface area contributed by atoms with Crippen LogP contribution in [0.25, 0.3) is 6.08 Å². The van der Waals surface area contributed by atoms with Crippen LogP contribution in [0.15, 0.2) is 30.3 Å². The highest BCUT2D eigenvalue weighted by molar-refractivity contribution is 5.94. The normalized spacial score (nSPS) is 15.8. The van der Waals surface area contributed by atoms with Crippen molar-refractivity contribution in [2.75, 3.05) is 26.7 Å². The molecule has 0 aliphatic carbocycles. The summed E-state index contributed by atoms with van der Waals surface area (Å²) in [5, 5.41) is 2.74. The molecule has 1 N–H and O–H groups in total. The summed E-state index contributed by atoms with van der Waals surface area (Å²) in [5.41, 5.74) is 0.836. The summed E-state index contributed by atoms with van der Waals surface area (Å²) >= 11 is 0. The first-order valence-corrected chi connectivity index (χ1v) is 6.57. The molecule has 0 atom stereocenters. The largest absolute Gasteiger partial charge is 0.496 e. The maximum Gasteiger partial charge on any atom is 0.247 e. The van der Waals surface area contributed by atoms with E-state index < -0.39 is 0 Å². The second-order valence-corrected chi connectivity index (χ2v) is 4.54. The van der Waals surface area contributed by atoms with E-state index in [1.165, 1.54) is 6.08 Å². The minimum atomic E-state index is -0.159. The number of methoxy groups -OCH3 is 1. The third-order valence-corrected chi connectivity index (χ3v) is 3.12. The van der Waals surface area contributed by atoms with Gasteiger partial charge in [0.1, 0.15) is 5.75 Å². The van der Waals surface area contributed by atoms with Gasteiger partial charge in [-0.05, 0) is 18.6 Å². The lowest BCUT2D eigenvalue weighted by atomic mass is 10.2. The van der Waals surface area contributed by atoms with E-state index in [1.807, 2.05) is 24.3 Å². The number of nitrogens with zero attached hydrogens (tertiary/aromatic N) is 1. The number of benzene rings is 1. The molecule has 0 unspecified atom stereocenters. The van der Waals surface area contributed by atoms with E-state index in [2.05, 4.69) is 5.32 Å². The first kappa shape index (κ1) is 14.1. The van der Waals surface area contributed by atoms with Gasteiger partial charge < -0.3 is 15.0 Å². The molecule has 2 amide bonds. The average molecular weight is 274 g/mol. The van der Waals surface area contributed by atoms with Crippen LogP contribution in [0, 0.1) is 0 Å². The van der Waals surface area contributed by atoms with E-state index >= 15 is 0 Å². The van der Waals surface area contributed by atoms with Crippen LogP contribution in [0.5, 0.6) is 5.75 Å². The molecule has 1 aliphatic heterocycles. The van der Waals surface area contributed by atoms with E-state index in [-0.39, 0.29) is 18.4 Å². The van der Waals surface area contributed by atoms with Crippen molar-refractivity contribution in [2.45, 2.75) is 6.42 Å². The number of amides is 2. The molecule has 1 heterocycles.